The van der Waals surface area contributed by atoms with Crippen LogP contribution in [0.4, 0.5) is 0 Å². The van der Waals surface area contributed by atoms with Crippen molar-refractivity contribution in [3.63, 3.8) is 0 Å². The number of rotatable bonds is 1. The lowest BCUT2D eigenvalue weighted by atomic mass is 10.1. The van der Waals surface area contributed by atoms with Crippen LogP contribution in [-0.2, 0) is 4.74 Å². The molecule has 1 heterocycles. The number of nitrogens with zero attached hydrogens (tertiary/aromatic N) is 1. The molecule has 1 aliphatic heterocycles. The molecule has 0 saturated heterocycles. The van der Waals surface area contributed by atoms with E-state index in [1.807, 2.05) is 32.0 Å². The van der Waals surface area contributed by atoms with Gasteiger partial charge in [0.05, 0.1) is 16.1 Å². The zero-order valence-electron chi connectivity index (χ0n) is 8.55. The molecule has 0 aromatic heterocycles. The van der Waals surface area contributed by atoms with E-state index in [1.54, 1.807) is 0 Å². The summed E-state index contributed by atoms with van der Waals surface area (Å²) in [6, 6.07) is 5.68. The van der Waals surface area contributed by atoms with Crippen LogP contribution in [0.1, 0.15) is 19.4 Å². The van der Waals surface area contributed by atoms with Crippen molar-refractivity contribution < 1.29 is 4.74 Å². The predicted molar refractivity (Wildman–Crippen MR) is 65.7 cm³/mol. The highest BCUT2D eigenvalue weighted by atomic mass is 79.9. The highest BCUT2D eigenvalue weighted by molar-refractivity contribution is 9.10. The number of ether oxygens (including phenoxy) is 1. The van der Waals surface area contributed by atoms with Gasteiger partial charge in [-0.15, -0.1) is 0 Å². The minimum Gasteiger partial charge on any atom is -0.475 e. The lowest BCUT2D eigenvalue weighted by molar-refractivity contribution is 0.279. The van der Waals surface area contributed by atoms with E-state index in [9.17, 15) is 0 Å². The van der Waals surface area contributed by atoms with E-state index in [0.29, 0.717) is 17.5 Å². The third-order valence-corrected chi connectivity index (χ3v) is 2.93. The second-order valence-electron chi connectivity index (χ2n) is 4.14. The first-order chi connectivity index (χ1) is 6.98. The SMILES string of the molecule is CC1(C)COC(c2ccc(Br)cc2Cl)=N1. The second kappa shape index (κ2) is 3.80. The van der Waals surface area contributed by atoms with Gasteiger partial charge in [0.1, 0.15) is 6.61 Å². The zero-order chi connectivity index (χ0) is 11.1. The quantitative estimate of drug-likeness (QED) is 0.773. The first kappa shape index (κ1) is 11.0. The van der Waals surface area contributed by atoms with E-state index in [0.717, 1.165) is 10.0 Å². The monoisotopic (exact) mass is 287 g/mol. The van der Waals surface area contributed by atoms with Crippen molar-refractivity contribution in [2.75, 3.05) is 6.61 Å². The first-order valence-corrected chi connectivity index (χ1v) is 5.83. The molecule has 0 bridgehead atoms. The minimum absolute atomic E-state index is 0.147. The molecule has 0 amide bonds. The van der Waals surface area contributed by atoms with Gasteiger partial charge in [-0.1, -0.05) is 27.5 Å². The van der Waals surface area contributed by atoms with Gasteiger partial charge >= 0.3 is 0 Å². The van der Waals surface area contributed by atoms with Crippen LogP contribution < -0.4 is 0 Å². The standard InChI is InChI=1S/C11H11BrClNO/c1-11(2)6-15-10(14-11)8-4-3-7(12)5-9(8)13/h3-5H,6H2,1-2H3. The van der Waals surface area contributed by atoms with Crippen LogP contribution in [0.15, 0.2) is 27.7 Å². The maximum Gasteiger partial charge on any atom is 0.218 e. The summed E-state index contributed by atoms with van der Waals surface area (Å²) in [5.41, 5.74) is 0.705. The lowest BCUT2D eigenvalue weighted by Crippen LogP contribution is -2.17. The molecule has 15 heavy (non-hydrogen) atoms. The third kappa shape index (κ3) is 2.34. The van der Waals surface area contributed by atoms with E-state index in [1.165, 1.54) is 0 Å². The molecule has 0 fully saturated rings. The Hall–Kier alpha value is -0.540. The smallest absolute Gasteiger partial charge is 0.218 e. The number of hydrogen-bond donors (Lipinski definition) is 0. The molecular formula is C11H11BrClNO. The summed E-state index contributed by atoms with van der Waals surface area (Å²) in [4.78, 5) is 4.48. The van der Waals surface area contributed by atoms with E-state index in [4.69, 9.17) is 16.3 Å². The van der Waals surface area contributed by atoms with Gasteiger partial charge in [-0.2, -0.15) is 0 Å². The molecule has 1 aliphatic rings. The van der Waals surface area contributed by atoms with E-state index in [2.05, 4.69) is 20.9 Å². The van der Waals surface area contributed by atoms with Gasteiger partial charge in [-0.3, -0.25) is 0 Å². The lowest BCUT2D eigenvalue weighted by Gasteiger charge is -2.07. The molecule has 1 aromatic rings. The van der Waals surface area contributed by atoms with Crippen molar-refractivity contribution in [1.29, 1.82) is 0 Å². The van der Waals surface area contributed by atoms with Gasteiger partial charge in [-0.25, -0.2) is 4.99 Å². The van der Waals surface area contributed by atoms with Crippen LogP contribution in [0, 0.1) is 0 Å². The largest absolute Gasteiger partial charge is 0.475 e. The Morgan fingerprint density at radius 1 is 1.47 bits per heavy atom. The Balaban J connectivity index is 2.39. The van der Waals surface area contributed by atoms with Gasteiger partial charge in [0.2, 0.25) is 5.90 Å². The topological polar surface area (TPSA) is 21.6 Å². The van der Waals surface area contributed by atoms with Crippen molar-refractivity contribution in [2.45, 2.75) is 19.4 Å². The second-order valence-corrected chi connectivity index (χ2v) is 5.47. The van der Waals surface area contributed by atoms with Gasteiger partial charge < -0.3 is 4.74 Å². The molecule has 0 atom stereocenters. The number of hydrogen-bond acceptors (Lipinski definition) is 2. The summed E-state index contributed by atoms with van der Waals surface area (Å²) in [7, 11) is 0. The van der Waals surface area contributed by atoms with Crippen LogP contribution in [0.3, 0.4) is 0 Å². The minimum atomic E-state index is -0.147. The fraction of sp³-hybridized carbons (Fsp3) is 0.364. The summed E-state index contributed by atoms with van der Waals surface area (Å²) < 4.78 is 6.48. The number of halogens is 2. The molecule has 0 spiro atoms. The van der Waals surface area contributed by atoms with Gasteiger partial charge in [0.15, 0.2) is 0 Å². The molecule has 1 aromatic carbocycles. The van der Waals surface area contributed by atoms with Crippen molar-refractivity contribution in [2.24, 2.45) is 4.99 Å². The average Bonchev–Trinajstić information content (AvgIpc) is 2.46. The first-order valence-electron chi connectivity index (χ1n) is 4.66. The Kier molecular flexibility index (Phi) is 2.77. The summed E-state index contributed by atoms with van der Waals surface area (Å²) in [5.74, 6) is 0.637. The maximum atomic E-state index is 6.11. The van der Waals surface area contributed by atoms with Crippen LogP contribution in [0.25, 0.3) is 0 Å². The zero-order valence-corrected chi connectivity index (χ0v) is 10.9. The summed E-state index contributed by atoms with van der Waals surface area (Å²) in [6.07, 6.45) is 0. The van der Waals surface area contributed by atoms with Gasteiger partial charge in [-0.05, 0) is 32.0 Å². The molecule has 0 N–H and O–H groups in total. The van der Waals surface area contributed by atoms with Crippen LogP contribution in [-0.4, -0.2) is 18.0 Å². The van der Waals surface area contributed by atoms with Crippen molar-refractivity contribution >= 4 is 33.4 Å². The van der Waals surface area contributed by atoms with Gasteiger partial charge in [0, 0.05) is 4.47 Å². The Morgan fingerprint density at radius 2 is 2.20 bits per heavy atom. The fourth-order valence-corrected chi connectivity index (χ4v) is 2.14. The van der Waals surface area contributed by atoms with Gasteiger partial charge in [0.25, 0.3) is 0 Å². The summed E-state index contributed by atoms with van der Waals surface area (Å²) in [6.45, 7) is 4.67. The van der Waals surface area contributed by atoms with Crippen molar-refractivity contribution in [1.82, 2.24) is 0 Å². The fourth-order valence-electron chi connectivity index (χ4n) is 1.39. The van der Waals surface area contributed by atoms with Crippen LogP contribution in [0.5, 0.6) is 0 Å². The summed E-state index contributed by atoms with van der Waals surface area (Å²) in [5, 5.41) is 0.654. The molecule has 80 valence electrons. The van der Waals surface area contributed by atoms with E-state index >= 15 is 0 Å². The predicted octanol–water partition coefficient (Wildman–Crippen LogP) is 3.66. The molecule has 4 heteroatoms. The summed E-state index contributed by atoms with van der Waals surface area (Å²) >= 11 is 9.47. The van der Waals surface area contributed by atoms with E-state index in [-0.39, 0.29) is 5.54 Å². The molecule has 2 nitrogen and oxygen atoms in total. The van der Waals surface area contributed by atoms with Crippen LogP contribution in [0.2, 0.25) is 5.02 Å². The third-order valence-electron chi connectivity index (χ3n) is 2.13. The number of benzene rings is 1. The van der Waals surface area contributed by atoms with E-state index < -0.39 is 0 Å². The van der Waals surface area contributed by atoms with Crippen LogP contribution >= 0.6 is 27.5 Å². The Morgan fingerprint density at radius 3 is 2.73 bits per heavy atom. The maximum absolute atomic E-state index is 6.11. The Bertz CT molecular complexity index is 429. The molecule has 2 rings (SSSR count). The average molecular weight is 289 g/mol. The van der Waals surface area contributed by atoms with Crippen molar-refractivity contribution in [3.05, 3.63) is 33.3 Å². The molecule has 0 radical (unpaired) electrons. The molecule has 0 unspecified atom stereocenters. The molecule has 0 saturated carbocycles. The van der Waals surface area contributed by atoms with Crippen molar-refractivity contribution in [3.8, 4) is 0 Å². The normalized spacial score (nSPS) is 18.5. The highest BCUT2D eigenvalue weighted by Gasteiger charge is 2.27. The molecular weight excluding hydrogens is 277 g/mol. The Labute approximate surface area is 102 Å². The molecule has 0 aliphatic carbocycles. The number of aliphatic imine (C=N–C) groups is 1. The highest BCUT2D eigenvalue weighted by Crippen LogP contribution is 2.27.